The number of hydrogen-bond donors (Lipinski definition) is 4. The number of rotatable bonds is 2. The molecule has 4 N–H and O–H groups in total. The summed E-state index contributed by atoms with van der Waals surface area (Å²) in [4.78, 5) is 46.5. The molecular formula is C5H11NO7P2. The van der Waals surface area contributed by atoms with Gasteiger partial charge in [-0.3, -0.25) is 9.36 Å². The second kappa shape index (κ2) is 3.97. The van der Waals surface area contributed by atoms with Crippen LogP contribution in [0.4, 0.5) is 0 Å². The van der Waals surface area contributed by atoms with Crippen molar-refractivity contribution in [2.24, 2.45) is 0 Å². The summed E-state index contributed by atoms with van der Waals surface area (Å²) in [5.74, 6) is -1.18. The fourth-order valence-electron chi connectivity index (χ4n) is 1.41. The molecule has 1 unspecified atom stereocenters. The summed E-state index contributed by atoms with van der Waals surface area (Å²) in [5.41, 5.74) is -1.63. The summed E-state index contributed by atoms with van der Waals surface area (Å²) in [6.45, 7) is -0.181. The molecule has 0 saturated carbocycles. The van der Waals surface area contributed by atoms with Crippen molar-refractivity contribution in [1.29, 1.82) is 0 Å². The van der Waals surface area contributed by atoms with Crippen molar-refractivity contribution >= 4 is 21.2 Å². The summed E-state index contributed by atoms with van der Waals surface area (Å²) < 4.78 is 21.9. The molecule has 0 radical (unpaired) electrons. The number of carbonyl (C=O) groups excluding carboxylic acids is 1. The zero-order valence-corrected chi connectivity index (χ0v) is 9.34. The Kier molecular flexibility index (Phi) is 3.40. The lowest BCUT2D eigenvalue weighted by Crippen LogP contribution is -2.41. The van der Waals surface area contributed by atoms with Crippen molar-refractivity contribution in [2.45, 2.75) is 18.5 Å². The first-order valence-corrected chi connectivity index (χ1v) is 7.31. The molecule has 1 aliphatic heterocycles. The minimum absolute atomic E-state index is 0.0559. The second-order valence-electron chi connectivity index (χ2n) is 3.22. The molecule has 0 aromatic carbocycles. The maximum Gasteiger partial charge on any atom is 0.432 e. The normalized spacial score (nSPS) is 24.4. The molecule has 15 heavy (non-hydrogen) atoms. The van der Waals surface area contributed by atoms with Gasteiger partial charge in [0.2, 0.25) is 5.91 Å². The lowest BCUT2D eigenvalue weighted by molar-refractivity contribution is -0.129. The van der Waals surface area contributed by atoms with Crippen LogP contribution in [0.25, 0.3) is 0 Å². The highest BCUT2D eigenvalue weighted by Gasteiger charge is 2.45. The molecule has 1 fully saturated rings. The van der Waals surface area contributed by atoms with Crippen LogP contribution in [-0.2, 0) is 13.9 Å². The molecule has 0 aromatic rings. The molecule has 0 aromatic heterocycles. The Morgan fingerprint density at radius 3 is 2.13 bits per heavy atom. The standard InChI is InChI=1S/C5H11NO7P2/c7-5-4(14(8,9)10)2-1-3-6(5)15(11,12)13/h4H,1-3H2,(H2,8,9,10)(H2,11,12,13). The Morgan fingerprint density at radius 2 is 1.73 bits per heavy atom. The Labute approximate surface area is 85.3 Å². The summed E-state index contributed by atoms with van der Waals surface area (Å²) in [7, 11) is -9.40. The van der Waals surface area contributed by atoms with E-state index >= 15 is 0 Å². The molecule has 10 heteroatoms. The van der Waals surface area contributed by atoms with Crippen LogP contribution < -0.4 is 0 Å². The molecule has 8 nitrogen and oxygen atoms in total. The highest BCUT2D eigenvalue weighted by Crippen LogP contribution is 2.51. The summed E-state index contributed by atoms with van der Waals surface area (Å²) in [6, 6.07) is 0. The minimum atomic E-state index is -4.76. The quantitative estimate of drug-likeness (QED) is 0.479. The van der Waals surface area contributed by atoms with E-state index in [4.69, 9.17) is 19.6 Å². The van der Waals surface area contributed by atoms with E-state index in [1.165, 1.54) is 0 Å². The topological polar surface area (TPSA) is 135 Å². The van der Waals surface area contributed by atoms with Gasteiger partial charge in [-0.1, -0.05) is 0 Å². The Morgan fingerprint density at radius 1 is 1.20 bits per heavy atom. The van der Waals surface area contributed by atoms with E-state index in [1.807, 2.05) is 0 Å². The first kappa shape index (κ1) is 12.8. The predicted octanol–water partition coefficient (Wildman–Crippen LogP) is -0.752. The van der Waals surface area contributed by atoms with E-state index in [-0.39, 0.29) is 24.1 Å². The van der Waals surface area contributed by atoms with Crippen molar-refractivity contribution in [3.63, 3.8) is 0 Å². The van der Waals surface area contributed by atoms with Crippen LogP contribution >= 0.6 is 15.3 Å². The third kappa shape index (κ3) is 2.87. The monoisotopic (exact) mass is 259 g/mol. The molecular weight excluding hydrogens is 248 g/mol. The van der Waals surface area contributed by atoms with Gasteiger partial charge in [0, 0.05) is 6.54 Å². The first-order valence-electron chi connectivity index (χ1n) is 4.06. The van der Waals surface area contributed by atoms with E-state index in [9.17, 15) is 13.9 Å². The van der Waals surface area contributed by atoms with E-state index in [0.717, 1.165) is 0 Å². The highest BCUT2D eigenvalue weighted by molar-refractivity contribution is 7.54. The van der Waals surface area contributed by atoms with Crippen LogP contribution in [0, 0.1) is 0 Å². The van der Waals surface area contributed by atoms with Gasteiger partial charge in [-0.05, 0) is 12.8 Å². The van der Waals surface area contributed by atoms with E-state index in [0.29, 0.717) is 0 Å². The molecule has 1 atom stereocenters. The van der Waals surface area contributed by atoms with Crippen LogP contribution in [0.5, 0.6) is 0 Å². The maximum absolute atomic E-state index is 11.4. The number of piperidine rings is 1. The van der Waals surface area contributed by atoms with Gasteiger partial charge in [0.05, 0.1) is 0 Å². The number of hydrogen-bond acceptors (Lipinski definition) is 3. The molecule has 88 valence electrons. The molecule has 0 bridgehead atoms. The van der Waals surface area contributed by atoms with Crippen LogP contribution in [-0.4, -0.2) is 42.4 Å². The fourth-order valence-corrected chi connectivity index (χ4v) is 3.25. The average Bonchev–Trinajstić information content (AvgIpc) is 1.99. The molecule has 0 aliphatic carbocycles. The van der Waals surface area contributed by atoms with Gasteiger partial charge >= 0.3 is 15.3 Å². The molecule has 0 spiro atoms. The van der Waals surface area contributed by atoms with Gasteiger partial charge in [0.15, 0.2) is 0 Å². The van der Waals surface area contributed by atoms with Crippen molar-refractivity contribution in [3.05, 3.63) is 0 Å². The summed E-state index contributed by atoms with van der Waals surface area (Å²) in [6.07, 6.45) is 0.103. The van der Waals surface area contributed by atoms with Gasteiger partial charge in [-0.2, -0.15) is 0 Å². The van der Waals surface area contributed by atoms with Gasteiger partial charge in [-0.15, -0.1) is 0 Å². The minimum Gasteiger partial charge on any atom is -0.324 e. The average molecular weight is 259 g/mol. The van der Waals surface area contributed by atoms with Crippen LogP contribution in [0.3, 0.4) is 0 Å². The molecule has 1 aliphatic rings. The van der Waals surface area contributed by atoms with Crippen molar-refractivity contribution in [1.82, 2.24) is 4.67 Å². The van der Waals surface area contributed by atoms with Gasteiger partial charge < -0.3 is 19.6 Å². The smallest absolute Gasteiger partial charge is 0.324 e. The Bertz CT molecular complexity index is 324. The van der Waals surface area contributed by atoms with E-state index in [1.54, 1.807) is 0 Å². The van der Waals surface area contributed by atoms with E-state index in [2.05, 4.69) is 0 Å². The van der Waals surface area contributed by atoms with Gasteiger partial charge in [0.25, 0.3) is 0 Å². The summed E-state index contributed by atoms with van der Waals surface area (Å²) >= 11 is 0. The van der Waals surface area contributed by atoms with Crippen LogP contribution in [0.1, 0.15) is 12.8 Å². The highest BCUT2D eigenvalue weighted by atomic mass is 31.2. The maximum atomic E-state index is 11.4. The van der Waals surface area contributed by atoms with Crippen LogP contribution in [0.15, 0.2) is 0 Å². The van der Waals surface area contributed by atoms with Gasteiger partial charge in [0.1, 0.15) is 5.66 Å². The van der Waals surface area contributed by atoms with Crippen molar-refractivity contribution in [2.75, 3.05) is 6.54 Å². The van der Waals surface area contributed by atoms with Gasteiger partial charge in [-0.25, -0.2) is 9.24 Å². The SMILES string of the molecule is O=C1C(P(=O)(O)O)CCCN1P(=O)(O)O. The number of carbonyl (C=O) groups is 1. The molecule has 1 rings (SSSR count). The number of amides is 1. The molecule has 1 amide bonds. The second-order valence-corrected chi connectivity index (χ2v) is 6.53. The first-order chi connectivity index (χ1) is 6.64. The van der Waals surface area contributed by atoms with Crippen molar-refractivity contribution in [3.8, 4) is 0 Å². The molecule has 1 heterocycles. The Hall–Kier alpha value is -0.230. The molecule has 1 saturated heterocycles. The number of nitrogens with zero attached hydrogens (tertiary/aromatic N) is 1. The lowest BCUT2D eigenvalue weighted by Gasteiger charge is -2.32. The fraction of sp³-hybridized carbons (Fsp3) is 0.800. The van der Waals surface area contributed by atoms with Crippen molar-refractivity contribution < 1.29 is 33.5 Å². The third-order valence-electron chi connectivity index (χ3n) is 2.11. The largest absolute Gasteiger partial charge is 0.432 e. The zero-order chi connectivity index (χ0) is 11.9. The lowest BCUT2D eigenvalue weighted by atomic mass is 10.1. The predicted molar refractivity (Wildman–Crippen MR) is 48.8 cm³/mol. The van der Waals surface area contributed by atoms with E-state index < -0.39 is 26.9 Å². The van der Waals surface area contributed by atoms with Crippen LogP contribution in [0.2, 0.25) is 0 Å². The third-order valence-corrected chi connectivity index (χ3v) is 4.42. The summed E-state index contributed by atoms with van der Waals surface area (Å²) in [5, 5.41) is 0. The zero-order valence-electron chi connectivity index (χ0n) is 7.55. The Balaban J connectivity index is 2.96.